The lowest BCUT2D eigenvalue weighted by atomic mass is 10.0. The minimum atomic E-state index is 0.705. The van der Waals surface area contributed by atoms with Gasteiger partial charge in [-0.05, 0) is 26.9 Å². The van der Waals surface area contributed by atoms with E-state index in [1.165, 1.54) is 12.8 Å². The Hall–Kier alpha value is -1.36. The summed E-state index contributed by atoms with van der Waals surface area (Å²) < 4.78 is 0. The van der Waals surface area contributed by atoms with E-state index in [9.17, 15) is 0 Å². The number of nitrogens with one attached hydrogen (secondary N) is 1. The van der Waals surface area contributed by atoms with Gasteiger partial charge in [0, 0.05) is 32.2 Å². The SMILES string of the molecule is CNc1cc(N2CCC(N(C)C)CC2)ncn1. The molecule has 0 atom stereocenters. The van der Waals surface area contributed by atoms with Crippen molar-refractivity contribution in [1.29, 1.82) is 0 Å². The first kappa shape index (κ1) is 12.1. The van der Waals surface area contributed by atoms with Crippen molar-refractivity contribution in [2.45, 2.75) is 18.9 Å². The predicted octanol–water partition coefficient (Wildman–Crippen LogP) is 1.05. The van der Waals surface area contributed by atoms with Crippen molar-refractivity contribution in [3.05, 3.63) is 12.4 Å². The second kappa shape index (κ2) is 5.31. The van der Waals surface area contributed by atoms with Crippen molar-refractivity contribution in [2.24, 2.45) is 0 Å². The molecular weight excluding hydrogens is 214 g/mol. The largest absolute Gasteiger partial charge is 0.373 e. The Morgan fingerprint density at radius 3 is 2.59 bits per heavy atom. The summed E-state index contributed by atoms with van der Waals surface area (Å²) >= 11 is 0. The molecular formula is C12H21N5. The summed E-state index contributed by atoms with van der Waals surface area (Å²) in [5, 5.41) is 3.05. The van der Waals surface area contributed by atoms with Crippen LogP contribution >= 0.6 is 0 Å². The van der Waals surface area contributed by atoms with Crippen LogP contribution in [0.3, 0.4) is 0 Å². The first-order valence-electron chi connectivity index (χ1n) is 6.12. The highest BCUT2D eigenvalue weighted by molar-refractivity contribution is 5.48. The van der Waals surface area contributed by atoms with Gasteiger partial charge in [-0.15, -0.1) is 0 Å². The molecule has 0 amide bonds. The number of hydrogen-bond acceptors (Lipinski definition) is 5. The normalized spacial score (nSPS) is 17.5. The van der Waals surface area contributed by atoms with E-state index in [0.717, 1.165) is 24.7 Å². The topological polar surface area (TPSA) is 44.3 Å². The van der Waals surface area contributed by atoms with Crippen molar-refractivity contribution >= 4 is 11.6 Å². The van der Waals surface area contributed by atoms with E-state index >= 15 is 0 Å². The summed E-state index contributed by atoms with van der Waals surface area (Å²) in [5.74, 6) is 1.91. The zero-order valence-electron chi connectivity index (χ0n) is 10.8. The van der Waals surface area contributed by atoms with Gasteiger partial charge in [-0.25, -0.2) is 9.97 Å². The smallest absolute Gasteiger partial charge is 0.134 e. The van der Waals surface area contributed by atoms with Crippen LogP contribution in [-0.2, 0) is 0 Å². The Bertz CT molecular complexity index is 358. The fraction of sp³-hybridized carbons (Fsp3) is 0.667. The maximum atomic E-state index is 4.34. The van der Waals surface area contributed by atoms with Gasteiger partial charge in [-0.1, -0.05) is 0 Å². The molecule has 0 saturated carbocycles. The highest BCUT2D eigenvalue weighted by atomic mass is 15.2. The molecule has 0 bridgehead atoms. The summed E-state index contributed by atoms with van der Waals surface area (Å²) in [6.07, 6.45) is 4.02. The van der Waals surface area contributed by atoms with Crippen molar-refractivity contribution in [3.63, 3.8) is 0 Å². The van der Waals surface area contributed by atoms with Crippen molar-refractivity contribution in [1.82, 2.24) is 14.9 Å². The van der Waals surface area contributed by atoms with Crippen LogP contribution in [0.15, 0.2) is 12.4 Å². The van der Waals surface area contributed by atoms with Crippen LogP contribution in [0.1, 0.15) is 12.8 Å². The molecule has 1 fully saturated rings. The fourth-order valence-corrected chi connectivity index (χ4v) is 2.27. The quantitative estimate of drug-likeness (QED) is 0.848. The third-order valence-electron chi connectivity index (χ3n) is 3.43. The second-order valence-corrected chi connectivity index (χ2v) is 4.69. The first-order chi connectivity index (χ1) is 8.20. The Kier molecular flexibility index (Phi) is 3.78. The lowest BCUT2D eigenvalue weighted by Gasteiger charge is -2.35. The van der Waals surface area contributed by atoms with Crippen LogP contribution in [0.2, 0.25) is 0 Å². The Labute approximate surface area is 103 Å². The zero-order chi connectivity index (χ0) is 12.3. The molecule has 17 heavy (non-hydrogen) atoms. The summed E-state index contributed by atoms with van der Waals surface area (Å²) in [7, 11) is 6.19. The molecule has 0 radical (unpaired) electrons. The maximum absolute atomic E-state index is 4.34. The minimum Gasteiger partial charge on any atom is -0.373 e. The Morgan fingerprint density at radius 1 is 1.29 bits per heavy atom. The molecule has 0 unspecified atom stereocenters. The molecule has 1 saturated heterocycles. The van der Waals surface area contributed by atoms with E-state index in [2.05, 4.69) is 39.2 Å². The van der Waals surface area contributed by atoms with Gasteiger partial charge in [0.2, 0.25) is 0 Å². The van der Waals surface area contributed by atoms with E-state index in [0.29, 0.717) is 6.04 Å². The third kappa shape index (κ3) is 2.85. The molecule has 5 heteroatoms. The van der Waals surface area contributed by atoms with E-state index in [-0.39, 0.29) is 0 Å². The lowest BCUT2D eigenvalue weighted by Crippen LogP contribution is -2.42. The zero-order valence-corrected chi connectivity index (χ0v) is 10.8. The van der Waals surface area contributed by atoms with E-state index in [1.807, 2.05) is 13.1 Å². The van der Waals surface area contributed by atoms with Gasteiger partial charge in [-0.2, -0.15) is 0 Å². The van der Waals surface area contributed by atoms with Gasteiger partial charge in [0.15, 0.2) is 0 Å². The summed E-state index contributed by atoms with van der Waals surface area (Å²) in [6.45, 7) is 2.14. The third-order valence-corrected chi connectivity index (χ3v) is 3.43. The molecule has 2 heterocycles. The van der Waals surface area contributed by atoms with Crippen LogP contribution in [0.5, 0.6) is 0 Å². The highest BCUT2D eigenvalue weighted by Gasteiger charge is 2.21. The molecule has 94 valence electrons. The number of anilines is 2. The van der Waals surface area contributed by atoms with Crippen molar-refractivity contribution < 1.29 is 0 Å². The van der Waals surface area contributed by atoms with E-state index < -0.39 is 0 Å². The van der Waals surface area contributed by atoms with Gasteiger partial charge in [0.1, 0.15) is 18.0 Å². The molecule has 0 aromatic carbocycles. The molecule has 5 nitrogen and oxygen atoms in total. The molecule has 0 aliphatic carbocycles. The van der Waals surface area contributed by atoms with Gasteiger partial charge in [-0.3, -0.25) is 0 Å². The minimum absolute atomic E-state index is 0.705. The molecule has 1 N–H and O–H groups in total. The monoisotopic (exact) mass is 235 g/mol. The van der Waals surface area contributed by atoms with Crippen molar-refractivity contribution in [2.75, 3.05) is 44.4 Å². The van der Waals surface area contributed by atoms with Crippen LogP contribution < -0.4 is 10.2 Å². The highest BCUT2D eigenvalue weighted by Crippen LogP contribution is 2.20. The number of hydrogen-bond donors (Lipinski definition) is 1. The van der Waals surface area contributed by atoms with Crippen LogP contribution in [-0.4, -0.2) is 55.1 Å². The summed E-state index contributed by atoms with van der Waals surface area (Å²) in [6, 6.07) is 2.72. The Morgan fingerprint density at radius 2 is 2.00 bits per heavy atom. The van der Waals surface area contributed by atoms with Crippen LogP contribution in [0.25, 0.3) is 0 Å². The van der Waals surface area contributed by atoms with Crippen LogP contribution in [0.4, 0.5) is 11.6 Å². The maximum Gasteiger partial charge on any atom is 0.134 e. The van der Waals surface area contributed by atoms with Crippen LogP contribution in [0, 0.1) is 0 Å². The average Bonchev–Trinajstić information content (AvgIpc) is 2.39. The van der Waals surface area contributed by atoms with Gasteiger partial charge in [0.25, 0.3) is 0 Å². The molecule has 0 spiro atoms. The summed E-state index contributed by atoms with van der Waals surface area (Å²) in [4.78, 5) is 13.1. The lowest BCUT2D eigenvalue weighted by molar-refractivity contribution is 0.249. The molecule has 2 rings (SSSR count). The molecule has 1 aliphatic rings. The number of rotatable bonds is 3. The van der Waals surface area contributed by atoms with Gasteiger partial charge >= 0.3 is 0 Å². The Balaban J connectivity index is 2.00. The van der Waals surface area contributed by atoms with Gasteiger partial charge in [0.05, 0.1) is 0 Å². The van der Waals surface area contributed by atoms with E-state index in [4.69, 9.17) is 0 Å². The van der Waals surface area contributed by atoms with Gasteiger partial charge < -0.3 is 15.1 Å². The molecule has 1 aliphatic heterocycles. The standard InChI is InChI=1S/C12H21N5/c1-13-11-8-12(15-9-14-11)17-6-4-10(5-7-17)16(2)3/h8-10H,4-7H2,1-3H3,(H,13,14,15). The van der Waals surface area contributed by atoms with E-state index in [1.54, 1.807) is 6.33 Å². The first-order valence-corrected chi connectivity index (χ1v) is 6.12. The fourth-order valence-electron chi connectivity index (χ4n) is 2.27. The molecule has 1 aromatic rings. The number of nitrogens with zero attached hydrogens (tertiary/aromatic N) is 4. The van der Waals surface area contributed by atoms with Crippen molar-refractivity contribution in [3.8, 4) is 0 Å². The summed E-state index contributed by atoms with van der Waals surface area (Å²) in [5.41, 5.74) is 0. The second-order valence-electron chi connectivity index (χ2n) is 4.69. The average molecular weight is 235 g/mol. The predicted molar refractivity (Wildman–Crippen MR) is 70.5 cm³/mol. The number of piperidine rings is 1. The number of aromatic nitrogens is 2. The molecule has 1 aromatic heterocycles.